The highest BCUT2D eigenvalue weighted by molar-refractivity contribution is 5.91. The van der Waals surface area contributed by atoms with Crippen molar-refractivity contribution in [1.82, 2.24) is 0 Å². The molecule has 0 rings (SSSR count). The molecule has 0 aromatic carbocycles. The average Bonchev–Trinajstić information content (AvgIpc) is 1.87. The molecule has 0 aliphatic carbocycles. The fourth-order valence-corrected chi connectivity index (χ4v) is 0.378. The van der Waals surface area contributed by atoms with E-state index in [4.69, 9.17) is 0 Å². The largest absolute Gasteiger partial charge is 0.300 e. The zero-order valence-corrected chi connectivity index (χ0v) is 5.83. The summed E-state index contributed by atoms with van der Waals surface area (Å²) in [4.78, 5) is 23.8. The van der Waals surface area contributed by atoms with Gasteiger partial charge in [0, 0.05) is 12.5 Å². The van der Waals surface area contributed by atoms with Crippen molar-refractivity contribution >= 4 is 18.4 Å². The van der Waals surface area contributed by atoms with Crippen molar-refractivity contribution in [2.24, 2.45) is 4.99 Å². The van der Waals surface area contributed by atoms with Gasteiger partial charge >= 0.3 is 0 Å². The maximum Gasteiger partial charge on any atom is 0.268 e. The quantitative estimate of drug-likeness (QED) is 0.428. The van der Waals surface area contributed by atoms with E-state index in [1.165, 1.54) is 19.1 Å². The Morgan fingerprint density at radius 2 is 2.20 bits per heavy atom. The summed E-state index contributed by atoms with van der Waals surface area (Å²) in [5.74, 6) is -0.394. The molecule has 0 saturated carbocycles. The summed E-state index contributed by atoms with van der Waals surface area (Å²) in [7, 11) is 0. The van der Waals surface area contributed by atoms with Gasteiger partial charge < -0.3 is 0 Å². The molecule has 0 unspecified atom stereocenters. The smallest absolute Gasteiger partial charge is 0.268 e. The normalized spacial score (nSPS) is 9.70. The van der Waals surface area contributed by atoms with Gasteiger partial charge in [-0.25, -0.2) is 4.99 Å². The van der Waals surface area contributed by atoms with Crippen LogP contribution >= 0.6 is 0 Å². The molecule has 0 fully saturated rings. The molecule has 0 N–H and O–H groups in total. The van der Waals surface area contributed by atoms with Crippen LogP contribution in [0.1, 0.15) is 13.3 Å². The topological polar surface area (TPSA) is 46.5 Å². The minimum absolute atomic E-state index is 0.0214. The second-order valence-corrected chi connectivity index (χ2v) is 1.80. The number of carbonyl (C=O) groups is 2. The predicted molar refractivity (Wildman–Crippen MR) is 39.0 cm³/mol. The molecule has 0 aromatic rings. The first-order chi connectivity index (χ1) is 4.66. The van der Waals surface area contributed by atoms with Crippen LogP contribution in [-0.4, -0.2) is 18.4 Å². The molecule has 3 heteroatoms. The molecular weight excluding hydrogens is 130 g/mol. The molecule has 0 saturated heterocycles. The number of hydrogen-bond donors (Lipinski definition) is 0. The van der Waals surface area contributed by atoms with Gasteiger partial charge in [-0.1, -0.05) is 6.08 Å². The van der Waals surface area contributed by atoms with E-state index in [0.29, 0.717) is 0 Å². The van der Waals surface area contributed by atoms with Crippen LogP contribution in [0, 0.1) is 0 Å². The minimum atomic E-state index is -0.416. The molecule has 0 heterocycles. The molecule has 0 radical (unpaired) electrons. The molecule has 0 aliphatic heterocycles. The lowest BCUT2D eigenvalue weighted by molar-refractivity contribution is -0.116. The number of ketones is 1. The third-order valence-corrected chi connectivity index (χ3v) is 0.822. The zero-order valence-electron chi connectivity index (χ0n) is 5.83. The summed E-state index contributed by atoms with van der Waals surface area (Å²) in [5, 5.41) is 0. The Morgan fingerprint density at radius 1 is 1.60 bits per heavy atom. The van der Waals surface area contributed by atoms with Crippen LogP contribution in [-0.2, 0) is 9.59 Å². The molecule has 54 valence electrons. The van der Waals surface area contributed by atoms with Gasteiger partial charge in [-0.3, -0.25) is 9.59 Å². The van der Waals surface area contributed by atoms with Crippen molar-refractivity contribution in [2.75, 3.05) is 0 Å². The van der Waals surface area contributed by atoms with Crippen molar-refractivity contribution in [3.8, 4) is 0 Å². The van der Waals surface area contributed by atoms with Crippen molar-refractivity contribution < 1.29 is 9.59 Å². The maximum absolute atomic E-state index is 10.4. The van der Waals surface area contributed by atoms with E-state index in [2.05, 4.69) is 11.7 Å². The van der Waals surface area contributed by atoms with Gasteiger partial charge in [-0.05, 0) is 13.6 Å². The highest BCUT2D eigenvalue weighted by atomic mass is 16.1. The second-order valence-electron chi connectivity index (χ2n) is 1.80. The third-order valence-electron chi connectivity index (χ3n) is 0.822. The van der Waals surface area contributed by atoms with Gasteiger partial charge in [0.05, 0.1) is 0 Å². The van der Waals surface area contributed by atoms with Crippen molar-refractivity contribution in [3.05, 3.63) is 12.2 Å². The first kappa shape index (κ1) is 8.75. The van der Waals surface area contributed by atoms with E-state index in [9.17, 15) is 9.59 Å². The molecule has 0 aliphatic rings. The van der Waals surface area contributed by atoms with E-state index >= 15 is 0 Å². The molecule has 0 aromatic heterocycles. The highest BCUT2D eigenvalue weighted by Crippen LogP contribution is 1.85. The van der Waals surface area contributed by atoms with Crippen LogP contribution in [0.25, 0.3) is 0 Å². The molecule has 0 spiro atoms. The van der Waals surface area contributed by atoms with Crippen molar-refractivity contribution in [1.29, 1.82) is 0 Å². The minimum Gasteiger partial charge on any atom is -0.300 e. The Labute approximate surface area is 59.5 Å². The van der Waals surface area contributed by atoms with E-state index < -0.39 is 5.91 Å². The molecule has 10 heavy (non-hydrogen) atoms. The average molecular weight is 139 g/mol. The number of amides is 1. The lowest BCUT2D eigenvalue weighted by Gasteiger charge is -1.81. The van der Waals surface area contributed by atoms with Gasteiger partial charge in [0.1, 0.15) is 5.78 Å². The fourth-order valence-electron chi connectivity index (χ4n) is 0.378. The number of hydrogen-bond acceptors (Lipinski definition) is 2. The van der Waals surface area contributed by atoms with Crippen LogP contribution in [0.4, 0.5) is 0 Å². The summed E-state index contributed by atoms with van der Waals surface area (Å²) >= 11 is 0. The van der Waals surface area contributed by atoms with Gasteiger partial charge in [0.2, 0.25) is 0 Å². The van der Waals surface area contributed by atoms with E-state index in [-0.39, 0.29) is 12.2 Å². The lowest BCUT2D eigenvalue weighted by atomic mass is 10.3. The molecule has 1 amide bonds. The molecule has 0 bridgehead atoms. The fraction of sp³-hybridized carbons (Fsp3) is 0.286. The monoisotopic (exact) mass is 139 g/mol. The number of rotatable bonds is 3. The number of aliphatic imine (C=N–C) groups is 1. The standard InChI is InChI=1S/C7H9NO2/c1-6(9)4-3-5-7(10)8-2/h3,5H,2,4H2,1H3/b5-3-. The van der Waals surface area contributed by atoms with E-state index in [1.807, 2.05) is 0 Å². The summed E-state index contributed by atoms with van der Waals surface area (Å²) in [5.41, 5.74) is 0. The van der Waals surface area contributed by atoms with Gasteiger partial charge in [0.25, 0.3) is 5.91 Å². The van der Waals surface area contributed by atoms with Crippen LogP contribution in [0.15, 0.2) is 17.1 Å². The highest BCUT2D eigenvalue weighted by Gasteiger charge is 1.88. The molecular formula is C7H9NO2. The van der Waals surface area contributed by atoms with Crippen LogP contribution < -0.4 is 0 Å². The Hall–Kier alpha value is -1.25. The van der Waals surface area contributed by atoms with Gasteiger partial charge in [-0.2, -0.15) is 0 Å². The third kappa shape index (κ3) is 4.90. The van der Waals surface area contributed by atoms with E-state index in [0.717, 1.165) is 0 Å². The number of nitrogens with zero attached hydrogens (tertiary/aromatic N) is 1. The molecule has 3 nitrogen and oxygen atoms in total. The first-order valence-corrected chi connectivity index (χ1v) is 2.83. The maximum atomic E-state index is 10.4. The van der Waals surface area contributed by atoms with Gasteiger partial charge in [0.15, 0.2) is 0 Å². The van der Waals surface area contributed by atoms with Crippen LogP contribution in [0.5, 0.6) is 0 Å². The SMILES string of the molecule is C=NC(=O)/C=C\CC(C)=O. The number of carbonyl (C=O) groups excluding carboxylic acids is 2. The first-order valence-electron chi connectivity index (χ1n) is 2.83. The van der Waals surface area contributed by atoms with Gasteiger partial charge in [-0.15, -0.1) is 0 Å². The second kappa shape index (κ2) is 4.61. The summed E-state index contributed by atoms with van der Waals surface area (Å²) in [6, 6.07) is 0. The zero-order chi connectivity index (χ0) is 7.98. The van der Waals surface area contributed by atoms with Crippen molar-refractivity contribution in [3.63, 3.8) is 0 Å². The number of Topliss-reactive ketones (excluding diaryl/α,β-unsaturated/α-hetero) is 1. The van der Waals surface area contributed by atoms with Crippen LogP contribution in [0.3, 0.4) is 0 Å². The predicted octanol–water partition coefficient (Wildman–Crippen LogP) is 0.749. The molecule has 0 atom stereocenters. The number of allylic oxidation sites excluding steroid dienone is 1. The Bertz CT molecular complexity index is 182. The van der Waals surface area contributed by atoms with Crippen LogP contribution in [0.2, 0.25) is 0 Å². The summed E-state index contributed by atoms with van der Waals surface area (Å²) < 4.78 is 0. The summed E-state index contributed by atoms with van der Waals surface area (Å²) in [6.07, 6.45) is 2.98. The lowest BCUT2D eigenvalue weighted by Crippen LogP contribution is -1.87. The Morgan fingerprint density at radius 3 is 2.60 bits per heavy atom. The van der Waals surface area contributed by atoms with Crippen molar-refractivity contribution in [2.45, 2.75) is 13.3 Å². The Kier molecular flexibility index (Phi) is 4.04. The Balaban J connectivity index is 3.66. The van der Waals surface area contributed by atoms with E-state index in [1.54, 1.807) is 0 Å². The summed E-state index contributed by atoms with van der Waals surface area (Å²) in [6.45, 7) is 4.48.